The molecule has 128 heavy (non-hydrogen) atoms. The average molecular weight is 1770 g/mol. The smallest absolute Gasteiger partial charge is 0.179 e. The molecule has 5 aromatic carbocycles. The maximum absolute atomic E-state index is 12.7. The van der Waals surface area contributed by atoms with Gasteiger partial charge in [0.1, 0.15) is 28.7 Å². The highest BCUT2D eigenvalue weighted by molar-refractivity contribution is 6.00. The van der Waals surface area contributed by atoms with Crippen LogP contribution in [0.1, 0.15) is 254 Å². The molecule has 0 radical (unpaired) electrons. The largest absolute Gasteiger partial charge is 0.494 e. The molecule has 0 amide bonds. The predicted octanol–water partition coefficient (Wildman–Crippen LogP) is 16.4. The molecule has 10 saturated heterocycles. The number of Topliss-reactive ketones (excluding diaryl/α,β-unsaturated/α-hetero) is 5. The lowest BCUT2D eigenvalue weighted by Gasteiger charge is -2.36. The quantitative estimate of drug-likeness (QED) is 0.0266. The average Bonchev–Trinajstić information content (AvgIpc) is 1.90. The molecular formula is C106H163N11O11. The number of carbonyl (C=O) groups is 5. The van der Waals surface area contributed by atoms with Crippen LogP contribution in [0.25, 0.3) is 0 Å². The third kappa shape index (κ3) is 36.5. The van der Waals surface area contributed by atoms with Gasteiger partial charge in [0.05, 0.1) is 78.5 Å². The van der Waals surface area contributed by atoms with E-state index in [0.29, 0.717) is 44.3 Å². The number of benzene rings is 5. The van der Waals surface area contributed by atoms with Crippen molar-refractivity contribution < 1.29 is 52.4 Å². The number of likely N-dealkylation sites (tertiary alicyclic amines) is 8. The molecule has 0 spiro atoms. The van der Waals surface area contributed by atoms with Gasteiger partial charge in [0, 0.05) is 124 Å². The molecule has 15 rings (SSSR count). The standard InChI is InChI=1S/C23H37N3O2.C22H34N2O2.2C21H32N2O2.C19H28N2O3/c1-20(2)26-16-14-24(15-17-26)13-6-18-28-22-9-7-21(8-10-22)23(27)19-25-11-4-3-5-12-25;1-18-7-8-19(2)24(18)15-6-16-26-21-11-9-20(10-12-21)22(25)17-23-13-4-3-5-14-23;1-18-7-5-14-23(18)15-6-16-25-20-10-8-19(9-11-20)21(24)17-22-12-3-2-4-13-22;1-18(23-15-3-2-4-16-23)21(24)19-8-10-20(11-9-19)25-17-7-14-22-12-5-6-13-22;22-19(16-21-11-14-23-15-12-21)17-4-6-18(7-5-17)24-13-3-10-20-8-1-2-9-20/h7-10,20H,3-6,11-19H2,1-2H3;9-12,18-19H,3-8,13-17H2,1-2H3;2*8-11,18H,2-7,12-17H2,1H3;4-7H,1-3,8-16H2/t;18-,19-;18-;;/m.10../s1. The zero-order valence-electron chi connectivity index (χ0n) is 79.8. The van der Waals surface area contributed by atoms with Crippen LogP contribution >= 0.6 is 0 Å². The number of hydrogen-bond donors (Lipinski definition) is 0. The molecule has 0 bridgehead atoms. The first-order valence-electron chi connectivity index (χ1n) is 50.5. The second kappa shape index (κ2) is 57.4. The fraction of sp³-hybridized carbons (Fsp3) is 0.670. The summed E-state index contributed by atoms with van der Waals surface area (Å²) in [6.45, 7) is 47.3. The maximum atomic E-state index is 12.7. The summed E-state index contributed by atoms with van der Waals surface area (Å²) in [7, 11) is 0. The number of carbonyl (C=O) groups excluding carboxylic acids is 5. The molecule has 708 valence electrons. The minimum Gasteiger partial charge on any atom is -0.494 e. The zero-order valence-corrected chi connectivity index (χ0v) is 79.8. The highest BCUT2D eigenvalue weighted by Crippen LogP contribution is 2.27. The van der Waals surface area contributed by atoms with Crippen molar-refractivity contribution in [3.8, 4) is 28.7 Å². The van der Waals surface area contributed by atoms with Crippen molar-refractivity contribution in [1.82, 2.24) is 53.9 Å². The number of hydrogen-bond acceptors (Lipinski definition) is 22. The number of piperidine rings is 4. The van der Waals surface area contributed by atoms with Crippen LogP contribution < -0.4 is 23.7 Å². The molecule has 10 aliphatic rings. The van der Waals surface area contributed by atoms with E-state index in [-0.39, 0.29) is 35.0 Å². The fourth-order valence-corrected chi connectivity index (χ4v) is 19.5. The van der Waals surface area contributed by atoms with E-state index < -0.39 is 0 Å². The Labute approximate surface area is 770 Å². The monoisotopic (exact) mass is 1770 g/mol. The van der Waals surface area contributed by atoms with Gasteiger partial charge in [-0.15, -0.1) is 0 Å². The minimum absolute atomic E-state index is 0.0208. The first-order valence-corrected chi connectivity index (χ1v) is 50.5. The Hall–Kier alpha value is -7.03. The Morgan fingerprint density at radius 1 is 0.289 bits per heavy atom. The summed E-state index contributed by atoms with van der Waals surface area (Å²) >= 11 is 0. The Balaban J connectivity index is 0.000000155. The van der Waals surface area contributed by atoms with Crippen LogP contribution in [0, 0.1) is 0 Å². The van der Waals surface area contributed by atoms with Gasteiger partial charge in [0.15, 0.2) is 28.9 Å². The number of ether oxygens (including phenoxy) is 6. The molecule has 0 aromatic heterocycles. The molecule has 4 atom stereocenters. The molecule has 0 saturated carbocycles. The van der Waals surface area contributed by atoms with Crippen molar-refractivity contribution in [2.75, 3.05) is 230 Å². The Kier molecular flexibility index (Phi) is 45.5. The number of rotatable bonds is 41. The van der Waals surface area contributed by atoms with Gasteiger partial charge in [-0.3, -0.25) is 58.3 Å². The van der Waals surface area contributed by atoms with E-state index in [4.69, 9.17) is 28.4 Å². The van der Waals surface area contributed by atoms with Gasteiger partial charge in [0.25, 0.3) is 0 Å². The van der Waals surface area contributed by atoms with Gasteiger partial charge >= 0.3 is 0 Å². The highest BCUT2D eigenvalue weighted by Gasteiger charge is 2.29. The first-order chi connectivity index (χ1) is 62.5. The van der Waals surface area contributed by atoms with E-state index in [2.05, 4.69) is 88.5 Å². The topological polar surface area (TPSA) is 176 Å². The minimum atomic E-state index is -0.0208. The van der Waals surface area contributed by atoms with E-state index in [9.17, 15) is 24.0 Å². The third-order valence-electron chi connectivity index (χ3n) is 27.8. The molecule has 0 aliphatic carbocycles. The van der Waals surface area contributed by atoms with Crippen LogP contribution in [-0.2, 0) is 4.74 Å². The summed E-state index contributed by atoms with van der Waals surface area (Å²) in [5, 5.41) is 0. The summed E-state index contributed by atoms with van der Waals surface area (Å²) in [5.41, 5.74) is 3.93. The Morgan fingerprint density at radius 3 is 0.906 bits per heavy atom. The Bertz CT molecular complexity index is 3890. The fourth-order valence-electron chi connectivity index (χ4n) is 19.5. The van der Waals surface area contributed by atoms with Crippen molar-refractivity contribution in [2.24, 2.45) is 0 Å². The first kappa shape index (κ1) is 102. The van der Waals surface area contributed by atoms with Crippen molar-refractivity contribution in [3.05, 3.63) is 149 Å². The van der Waals surface area contributed by atoms with Crippen molar-refractivity contribution in [2.45, 2.75) is 232 Å². The highest BCUT2D eigenvalue weighted by atomic mass is 16.5. The van der Waals surface area contributed by atoms with E-state index in [1.54, 1.807) is 0 Å². The maximum Gasteiger partial charge on any atom is 0.179 e. The van der Waals surface area contributed by atoms with Gasteiger partial charge in [-0.05, 0) is 383 Å². The zero-order chi connectivity index (χ0) is 89.7. The molecule has 0 N–H and O–H groups in total. The molecule has 10 fully saturated rings. The molecule has 22 heteroatoms. The third-order valence-corrected chi connectivity index (χ3v) is 27.8. The van der Waals surface area contributed by atoms with Crippen LogP contribution in [0.15, 0.2) is 121 Å². The van der Waals surface area contributed by atoms with Crippen LogP contribution in [0.5, 0.6) is 28.7 Å². The molecule has 5 aromatic rings. The van der Waals surface area contributed by atoms with Crippen molar-refractivity contribution >= 4 is 28.9 Å². The van der Waals surface area contributed by atoms with E-state index in [0.717, 1.165) is 252 Å². The van der Waals surface area contributed by atoms with Crippen LogP contribution in [0.4, 0.5) is 0 Å². The lowest BCUT2D eigenvalue weighted by Crippen LogP contribution is -2.49. The van der Waals surface area contributed by atoms with Crippen LogP contribution in [0.2, 0.25) is 0 Å². The van der Waals surface area contributed by atoms with Gasteiger partial charge in [-0.25, -0.2) is 0 Å². The van der Waals surface area contributed by atoms with Crippen molar-refractivity contribution in [3.63, 3.8) is 0 Å². The van der Waals surface area contributed by atoms with E-state index >= 15 is 0 Å². The van der Waals surface area contributed by atoms with Gasteiger partial charge in [-0.2, -0.15) is 0 Å². The summed E-state index contributed by atoms with van der Waals surface area (Å²) in [6.07, 6.45) is 30.8. The summed E-state index contributed by atoms with van der Waals surface area (Å²) in [5.74, 6) is 5.34. The molecule has 10 aliphatic heterocycles. The predicted molar refractivity (Wildman–Crippen MR) is 517 cm³/mol. The van der Waals surface area contributed by atoms with Crippen molar-refractivity contribution in [1.29, 1.82) is 0 Å². The number of nitrogens with zero attached hydrogens (tertiary/aromatic N) is 11. The number of morpholine rings is 1. The SMILES string of the molecule is CC(C(=O)c1ccc(OCCCN2CCCC2)cc1)N1CCCCC1.CC(C)N1CCN(CCCOc2ccc(C(=O)CN3CCCCC3)cc2)CC1.C[C@@H]1CC[C@@H](C)N1CCCOc1ccc(C(=O)CN2CCCCC2)cc1.C[C@H]1CCCN1CCCOc1ccc(C(=O)CN2CCCCC2)cc1.O=C(CN1CCOCC1)c1ccc(OCCCN2CCCC2)cc1. The van der Waals surface area contributed by atoms with E-state index in [1.807, 2.05) is 128 Å². The molecular weight excluding hydrogens is 1600 g/mol. The molecule has 22 nitrogen and oxygen atoms in total. The lowest BCUT2D eigenvalue weighted by molar-refractivity contribution is 0.0371. The molecule has 10 heterocycles. The normalized spacial score (nSPS) is 21.4. The Morgan fingerprint density at radius 2 is 0.578 bits per heavy atom. The van der Waals surface area contributed by atoms with Crippen LogP contribution in [-0.4, -0.2) is 343 Å². The van der Waals surface area contributed by atoms with Gasteiger partial charge in [0.2, 0.25) is 0 Å². The van der Waals surface area contributed by atoms with Gasteiger partial charge < -0.3 is 48.0 Å². The summed E-state index contributed by atoms with van der Waals surface area (Å²) < 4.78 is 34.5. The second-order valence-electron chi connectivity index (χ2n) is 38.0. The van der Waals surface area contributed by atoms with E-state index in [1.165, 1.54) is 174 Å². The number of piperazine rings is 1. The molecule has 1 unspecified atom stereocenters. The van der Waals surface area contributed by atoms with Crippen LogP contribution in [0.3, 0.4) is 0 Å². The van der Waals surface area contributed by atoms with Gasteiger partial charge in [-0.1, -0.05) is 25.7 Å². The lowest BCUT2D eigenvalue weighted by atomic mass is 10.0. The second-order valence-corrected chi connectivity index (χ2v) is 38.0. The number of ketones is 5. The summed E-state index contributed by atoms with van der Waals surface area (Å²) in [6, 6.07) is 41.1. The summed E-state index contributed by atoms with van der Waals surface area (Å²) in [4.78, 5) is 88.7.